The summed E-state index contributed by atoms with van der Waals surface area (Å²) >= 11 is 5.49. The number of hydrogen-bond donors (Lipinski definition) is 2. The van der Waals surface area contributed by atoms with Gasteiger partial charge >= 0.3 is 0 Å². The molecule has 1 aromatic heterocycles. The largest absolute Gasteiger partial charge is 0.508 e. The van der Waals surface area contributed by atoms with Gasteiger partial charge in [-0.1, -0.05) is 0 Å². The normalized spacial score (nSPS) is 14.7. The van der Waals surface area contributed by atoms with E-state index in [2.05, 4.69) is 20.1 Å². The first kappa shape index (κ1) is 15.6. The van der Waals surface area contributed by atoms with E-state index < -0.39 is 0 Å². The molecule has 1 saturated heterocycles. The molecule has 6 heteroatoms. The maximum atomic E-state index is 9.37. The summed E-state index contributed by atoms with van der Waals surface area (Å²) in [5, 5.41) is 13.3. The number of aryl methyl sites for hydroxylation is 1. The zero-order chi connectivity index (χ0) is 16.2. The van der Waals surface area contributed by atoms with Crippen LogP contribution in [0.2, 0.25) is 0 Å². The third kappa shape index (κ3) is 3.90. The van der Waals surface area contributed by atoms with Crippen LogP contribution in [0, 0.1) is 6.92 Å². The van der Waals surface area contributed by atoms with Crippen LogP contribution < -0.4 is 10.2 Å². The molecule has 0 spiro atoms. The van der Waals surface area contributed by atoms with Crippen LogP contribution in [0.1, 0.15) is 5.56 Å². The van der Waals surface area contributed by atoms with Crippen LogP contribution in [-0.2, 0) is 0 Å². The van der Waals surface area contributed by atoms with Gasteiger partial charge in [-0.25, -0.2) is 4.98 Å². The minimum absolute atomic E-state index is 0.295. The summed E-state index contributed by atoms with van der Waals surface area (Å²) < 4.78 is 0. The lowest BCUT2D eigenvalue weighted by Gasteiger charge is -2.37. The van der Waals surface area contributed by atoms with Crippen molar-refractivity contribution in [2.75, 3.05) is 36.4 Å². The van der Waals surface area contributed by atoms with Gasteiger partial charge in [0.1, 0.15) is 11.6 Å². The third-order valence-corrected chi connectivity index (χ3v) is 4.29. The average Bonchev–Trinajstić information content (AvgIpc) is 2.56. The molecule has 0 radical (unpaired) electrons. The highest BCUT2D eigenvalue weighted by atomic mass is 32.1. The Morgan fingerprint density at radius 3 is 2.48 bits per heavy atom. The molecular formula is C17H20N4OS. The van der Waals surface area contributed by atoms with Crippen molar-refractivity contribution in [1.82, 2.24) is 9.88 Å². The number of nitrogens with one attached hydrogen (secondary N) is 1. The van der Waals surface area contributed by atoms with Crippen molar-refractivity contribution >= 4 is 28.8 Å². The van der Waals surface area contributed by atoms with Crippen LogP contribution in [0.5, 0.6) is 5.75 Å². The Labute approximate surface area is 141 Å². The van der Waals surface area contributed by atoms with Gasteiger partial charge in [0.05, 0.1) is 0 Å². The van der Waals surface area contributed by atoms with Gasteiger partial charge in [-0.3, -0.25) is 0 Å². The van der Waals surface area contributed by atoms with Gasteiger partial charge in [0.15, 0.2) is 5.11 Å². The molecule has 0 atom stereocenters. The van der Waals surface area contributed by atoms with Gasteiger partial charge in [0.2, 0.25) is 0 Å². The van der Waals surface area contributed by atoms with E-state index in [9.17, 15) is 5.11 Å². The highest BCUT2D eigenvalue weighted by molar-refractivity contribution is 7.80. The zero-order valence-electron chi connectivity index (χ0n) is 13.1. The maximum absolute atomic E-state index is 9.37. The van der Waals surface area contributed by atoms with Crippen LogP contribution in [-0.4, -0.2) is 46.3 Å². The summed E-state index contributed by atoms with van der Waals surface area (Å²) in [6.07, 6.45) is 1.78. The number of aromatic hydroxyl groups is 1. The highest BCUT2D eigenvalue weighted by Crippen LogP contribution is 2.20. The van der Waals surface area contributed by atoms with Gasteiger partial charge in [-0.2, -0.15) is 0 Å². The SMILES string of the molecule is Cc1ccnc(NC(=S)N2CCN(c3ccc(O)cc3)CC2)c1. The Kier molecular flexibility index (Phi) is 4.62. The Bertz CT molecular complexity index is 681. The number of benzene rings is 1. The van der Waals surface area contributed by atoms with Crippen molar-refractivity contribution in [2.45, 2.75) is 6.92 Å². The summed E-state index contributed by atoms with van der Waals surface area (Å²) in [6.45, 7) is 5.55. The Balaban J connectivity index is 1.56. The molecule has 120 valence electrons. The molecule has 2 N–H and O–H groups in total. The second-order valence-corrected chi connectivity index (χ2v) is 6.03. The van der Waals surface area contributed by atoms with Gasteiger partial charge in [0.25, 0.3) is 0 Å². The standard InChI is InChI=1S/C17H20N4OS/c1-13-6-7-18-16(12-13)19-17(23)21-10-8-20(9-11-21)14-2-4-15(22)5-3-14/h2-7,12,22H,8-11H2,1H3,(H,18,19,23). The Hall–Kier alpha value is -2.34. The van der Waals surface area contributed by atoms with Crippen molar-refractivity contribution in [2.24, 2.45) is 0 Å². The molecule has 0 unspecified atom stereocenters. The molecule has 2 heterocycles. The van der Waals surface area contributed by atoms with E-state index in [4.69, 9.17) is 12.2 Å². The van der Waals surface area contributed by atoms with E-state index in [1.165, 1.54) is 0 Å². The topological polar surface area (TPSA) is 51.6 Å². The molecule has 0 saturated carbocycles. The molecule has 1 aliphatic rings. The second kappa shape index (κ2) is 6.83. The molecular weight excluding hydrogens is 308 g/mol. The van der Waals surface area contributed by atoms with Crippen molar-refractivity contribution in [3.63, 3.8) is 0 Å². The lowest BCUT2D eigenvalue weighted by Crippen LogP contribution is -2.50. The smallest absolute Gasteiger partial charge is 0.174 e. The van der Waals surface area contributed by atoms with Crippen LogP contribution in [0.25, 0.3) is 0 Å². The Morgan fingerprint density at radius 2 is 1.83 bits per heavy atom. The molecule has 0 amide bonds. The van der Waals surface area contributed by atoms with Gasteiger partial charge in [0, 0.05) is 38.1 Å². The van der Waals surface area contributed by atoms with Crippen LogP contribution in [0.4, 0.5) is 11.5 Å². The highest BCUT2D eigenvalue weighted by Gasteiger charge is 2.19. The van der Waals surface area contributed by atoms with Crippen LogP contribution in [0.3, 0.4) is 0 Å². The number of phenolic OH excluding ortho intramolecular Hbond substituents is 1. The molecule has 1 fully saturated rings. The number of piperazine rings is 1. The minimum atomic E-state index is 0.295. The predicted molar refractivity (Wildman–Crippen MR) is 97.1 cm³/mol. The summed E-state index contributed by atoms with van der Waals surface area (Å²) in [4.78, 5) is 8.74. The summed E-state index contributed by atoms with van der Waals surface area (Å²) in [5.74, 6) is 1.08. The first-order valence-corrected chi connectivity index (χ1v) is 8.05. The summed E-state index contributed by atoms with van der Waals surface area (Å²) in [5.41, 5.74) is 2.28. The number of thiocarbonyl (C=S) groups is 1. The van der Waals surface area contributed by atoms with Crippen molar-refractivity contribution in [3.05, 3.63) is 48.2 Å². The monoisotopic (exact) mass is 328 g/mol. The van der Waals surface area contributed by atoms with Gasteiger partial charge in [-0.15, -0.1) is 0 Å². The summed E-state index contributed by atoms with van der Waals surface area (Å²) in [6, 6.07) is 11.3. The fourth-order valence-electron chi connectivity index (χ4n) is 2.62. The molecule has 0 bridgehead atoms. The zero-order valence-corrected chi connectivity index (χ0v) is 13.9. The van der Waals surface area contributed by atoms with E-state index in [0.29, 0.717) is 10.9 Å². The van der Waals surface area contributed by atoms with E-state index in [1.807, 2.05) is 31.2 Å². The lowest BCUT2D eigenvalue weighted by atomic mass is 10.2. The fraction of sp³-hybridized carbons (Fsp3) is 0.294. The van der Waals surface area contributed by atoms with Crippen molar-refractivity contribution in [1.29, 1.82) is 0 Å². The quantitative estimate of drug-likeness (QED) is 0.827. The fourth-order valence-corrected chi connectivity index (χ4v) is 2.91. The first-order chi connectivity index (χ1) is 11.1. The number of hydrogen-bond acceptors (Lipinski definition) is 4. The number of aromatic nitrogens is 1. The number of phenols is 1. The maximum Gasteiger partial charge on any atom is 0.174 e. The summed E-state index contributed by atoms with van der Waals surface area (Å²) in [7, 11) is 0. The van der Waals surface area contributed by atoms with Gasteiger partial charge in [-0.05, 0) is 61.1 Å². The molecule has 23 heavy (non-hydrogen) atoms. The van der Waals surface area contributed by atoms with Crippen molar-refractivity contribution in [3.8, 4) is 5.75 Å². The van der Waals surface area contributed by atoms with E-state index in [0.717, 1.165) is 43.2 Å². The predicted octanol–water partition coefficient (Wildman–Crippen LogP) is 2.61. The van der Waals surface area contributed by atoms with Crippen molar-refractivity contribution < 1.29 is 5.11 Å². The molecule has 5 nitrogen and oxygen atoms in total. The molecule has 1 aliphatic heterocycles. The molecule has 0 aliphatic carbocycles. The third-order valence-electron chi connectivity index (χ3n) is 3.93. The lowest BCUT2D eigenvalue weighted by molar-refractivity contribution is 0.390. The number of nitrogens with zero attached hydrogens (tertiary/aromatic N) is 3. The van der Waals surface area contributed by atoms with E-state index in [1.54, 1.807) is 18.3 Å². The number of anilines is 2. The van der Waals surface area contributed by atoms with Crippen LogP contribution in [0.15, 0.2) is 42.6 Å². The number of pyridine rings is 1. The molecule has 1 aromatic carbocycles. The van der Waals surface area contributed by atoms with Crippen LogP contribution >= 0.6 is 12.2 Å². The van der Waals surface area contributed by atoms with Gasteiger partial charge < -0.3 is 20.2 Å². The Morgan fingerprint density at radius 1 is 1.13 bits per heavy atom. The molecule has 3 rings (SSSR count). The number of rotatable bonds is 2. The molecule has 2 aromatic rings. The second-order valence-electron chi connectivity index (χ2n) is 5.64. The van der Waals surface area contributed by atoms with E-state index >= 15 is 0 Å². The minimum Gasteiger partial charge on any atom is -0.508 e. The van der Waals surface area contributed by atoms with E-state index in [-0.39, 0.29) is 0 Å². The first-order valence-electron chi connectivity index (χ1n) is 7.64. The average molecular weight is 328 g/mol.